The average molecular weight is 400 g/mol. The van der Waals surface area contributed by atoms with E-state index >= 15 is 0 Å². The molecule has 0 aliphatic rings. The van der Waals surface area contributed by atoms with Gasteiger partial charge in [-0.05, 0) is 47.9 Å². The molecule has 5 nitrogen and oxygen atoms in total. The molecule has 5 heteroatoms. The van der Waals surface area contributed by atoms with Crippen LogP contribution >= 0.6 is 0 Å². The summed E-state index contributed by atoms with van der Waals surface area (Å²) in [5.41, 5.74) is 3.68. The monoisotopic (exact) mass is 400 g/mol. The number of carbonyl (C=O) groups is 1. The summed E-state index contributed by atoms with van der Waals surface area (Å²) in [6, 6.07) is 25.5. The van der Waals surface area contributed by atoms with Crippen LogP contribution in [0.3, 0.4) is 0 Å². The summed E-state index contributed by atoms with van der Waals surface area (Å²) in [5.74, 6) is 1.47. The van der Waals surface area contributed by atoms with E-state index in [1.807, 2.05) is 78.9 Å². The van der Waals surface area contributed by atoms with E-state index < -0.39 is 0 Å². The lowest BCUT2D eigenvalue weighted by Gasteiger charge is -2.06. The Labute approximate surface area is 175 Å². The third-order valence-electron chi connectivity index (χ3n) is 4.95. The van der Waals surface area contributed by atoms with Crippen LogP contribution in [-0.2, 0) is 13.0 Å². The molecule has 4 aromatic rings. The van der Waals surface area contributed by atoms with Gasteiger partial charge in [-0.3, -0.25) is 4.79 Å². The van der Waals surface area contributed by atoms with Crippen LogP contribution in [0.5, 0.6) is 11.5 Å². The minimum absolute atomic E-state index is 0.119. The van der Waals surface area contributed by atoms with Crippen LogP contribution in [0.4, 0.5) is 0 Å². The van der Waals surface area contributed by atoms with E-state index in [1.165, 1.54) is 0 Å². The Morgan fingerprint density at radius 2 is 1.67 bits per heavy atom. The summed E-state index contributed by atoms with van der Waals surface area (Å²) in [6.45, 7) is 1.07. The van der Waals surface area contributed by atoms with Crippen LogP contribution < -0.4 is 14.8 Å². The van der Waals surface area contributed by atoms with Crippen molar-refractivity contribution in [2.45, 2.75) is 13.0 Å². The van der Waals surface area contributed by atoms with E-state index in [4.69, 9.17) is 9.47 Å². The zero-order chi connectivity index (χ0) is 20.8. The summed E-state index contributed by atoms with van der Waals surface area (Å²) in [5, 5.41) is 3.94. The van der Waals surface area contributed by atoms with Gasteiger partial charge in [0.05, 0.1) is 7.11 Å². The lowest BCUT2D eigenvalue weighted by molar-refractivity contribution is 0.0950. The number of amides is 1. The van der Waals surface area contributed by atoms with Crippen LogP contribution in [0, 0.1) is 0 Å². The minimum Gasteiger partial charge on any atom is -0.497 e. The van der Waals surface area contributed by atoms with E-state index in [2.05, 4.69) is 10.3 Å². The maximum atomic E-state index is 12.5. The topological polar surface area (TPSA) is 63.4 Å². The second-order valence-electron chi connectivity index (χ2n) is 7.06. The first-order valence-corrected chi connectivity index (χ1v) is 9.92. The third kappa shape index (κ3) is 4.81. The first-order chi connectivity index (χ1) is 14.7. The fourth-order valence-corrected chi connectivity index (χ4v) is 3.27. The van der Waals surface area contributed by atoms with Gasteiger partial charge in [0.1, 0.15) is 23.8 Å². The molecule has 0 radical (unpaired) electrons. The molecule has 3 aromatic carbocycles. The van der Waals surface area contributed by atoms with Gasteiger partial charge >= 0.3 is 0 Å². The number of ether oxygens (including phenoxy) is 2. The number of aromatic nitrogens is 1. The minimum atomic E-state index is -0.119. The van der Waals surface area contributed by atoms with Crippen molar-refractivity contribution in [1.29, 1.82) is 0 Å². The first kappa shape index (κ1) is 19.6. The third-order valence-corrected chi connectivity index (χ3v) is 4.95. The SMILES string of the molecule is COc1ccc(CCNC(=O)c2cc3ccc(OCc4ccccc4)cc3[nH]2)cc1. The molecule has 0 saturated carbocycles. The Kier molecular flexibility index (Phi) is 5.99. The number of aromatic amines is 1. The Morgan fingerprint density at radius 3 is 2.43 bits per heavy atom. The zero-order valence-corrected chi connectivity index (χ0v) is 16.9. The summed E-state index contributed by atoms with van der Waals surface area (Å²) in [7, 11) is 1.65. The number of carbonyl (C=O) groups excluding carboxylic acids is 1. The van der Waals surface area contributed by atoms with Gasteiger partial charge in [-0.1, -0.05) is 42.5 Å². The van der Waals surface area contributed by atoms with Crippen LogP contribution in [-0.4, -0.2) is 24.5 Å². The molecule has 1 aromatic heterocycles. The molecule has 2 N–H and O–H groups in total. The number of benzene rings is 3. The molecule has 0 aliphatic heterocycles. The normalized spacial score (nSPS) is 10.7. The Balaban J connectivity index is 1.34. The maximum absolute atomic E-state index is 12.5. The lowest BCUT2D eigenvalue weighted by atomic mass is 10.1. The maximum Gasteiger partial charge on any atom is 0.267 e. The van der Waals surface area contributed by atoms with E-state index in [9.17, 15) is 4.79 Å². The fourth-order valence-electron chi connectivity index (χ4n) is 3.27. The molecule has 0 fully saturated rings. The van der Waals surface area contributed by atoms with Crippen LogP contribution in [0.15, 0.2) is 78.9 Å². The molecule has 1 amide bonds. The van der Waals surface area contributed by atoms with Crippen molar-refractivity contribution < 1.29 is 14.3 Å². The van der Waals surface area contributed by atoms with Gasteiger partial charge in [-0.25, -0.2) is 0 Å². The molecule has 0 aliphatic carbocycles. The number of methoxy groups -OCH3 is 1. The van der Waals surface area contributed by atoms with Crippen molar-refractivity contribution in [3.05, 3.63) is 95.7 Å². The highest BCUT2D eigenvalue weighted by molar-refractivity contribution is 5.98. The molecule has 1 heterocycles. The predicted octanol–water partition coefficient (Wildman–Crippen LogP) is 4.73. The molecule has 30 heavy (non-hydrogen) atoms. The molecule has 0 unspecified atom stereocenters. The zero-order valence-electron chi connectivity index (χ0n) is 16.9. The first-order valence-electron chi connectivity index (χ1n) is 9.92. The van der Waals surface area contributed by atoms with Crippen molar-refractivity contribution in [3.63, 3.8) is 0 Å². The van der Waals surface area contributed by atoms with Crippen molar-refractivity contribution in [1.82, 2.24) is 10.3 Å². The lowest BCUT2D eigenvalue weighted by Crippen LogP contribution is -2.25. The van der Waals surface area contributed by atoms with Crippen molar-refractivity contribution in [3.8, 4) is 11.5 Å². The van der Waals surface area contributed by atoms with E-state index in [0.29, 0.717) is 18.8 Å². The molecular formula is C25H24N2O3. The largest absolute Gasteiger partial charge is 0.497 e. The van der Waals surface area contributed by atoms with E-state index in [1.54, 1.807) is 7.11 Å². The van der Waals surface area contributed by atoms with E-state index in [0.717, 1.165) is 39.9 Å². The molecule has 4 rings (SSSR count). The summed E-state index contributed by atoms with van der Waals surface area (Å²) in [4.78, 5) is 15.7. The highest BCUT2D eigenvalue weighted by Crippen LogP contribution is 2.22. The predicted molar refractivity (Wildman–Crippen MR) is 118 cm³/mol. The van der Waals surface area contributed by atoms with Gasteiger partial charge in [-0.15, -0.1) is 0 Å². The Morgan fingerprint density at radius 1 is 0.900 bits per heavy atom. The van der Waals surface area contributed by atoms with Gasteiger partial charge in [0.15, 0.2) is 0 Å². The van der Waals surface area contributed by atoms with Crippen LogP contribution in [0.25, 0.3) is 10.9 Å². The second-order valence-corrected chi connectivity index (χ2v) is 7.06. The number of nitrogens with one attached hydrogen (secondary N) is 2. The van der Waals surface area contributed by atoms with Gasteiger partial charge in [0, 0.05) is 23.5 Å². The van der Waals surface area contributed by atoms with Crippen LogP contribution in [0.2, 0.25) is 0 Å². The summed E-state index contributed by atoms with van der Waals surface area (Å²) < 4.78 is 11.0. The summed E-state index contributed by atoms with van der Waals surface area (Å²) >= 11 is 0. The number of fused-ring (bicyclic) bond motifs is 1. The van der Waals surface area contributed by atoms with Crippen molar-refractivity contribution in [2.75, 3.05) is 13.7 Å². The Bertz CT molecular complexity index is 1120. The second kappa shape index (κ2) is 9.18. The molecule has 0 atom stereocenters. The van der Waals surface area contributed by atoms with Gasteiger partial charge in [0.2, 0.25) is 0 Å². The van der Waals surface area contributed by atoms with Crippen LogP contribution in [0.1, 0.15) is 21.6 Å². The average Bonchev–Trinajstić information content (AvgIpc) is 3.22. The Hall–Kier alpha value is -3.73. The number of hydrogen-bond acceptors (Lipinski definition) is 3. The number of rotatable bonds is 8. The molecule has 0 saturated heterocycles. The molecule has 0 bridgehead atoms. The highest BCUT2D eigenvalue weighted by Gasteiger charge is 2.10. The molecule has 0 spiro atoms. The molecular weight excluding hydrogens is 376 g/mol. The number of hydrogen-bond donors (Lipinski definition) is 2. The van der Waals surface area contributed by atoms with Gasteiger partial charge in [0.25, 0.3) is 5.91 Å². The number of H-pyrrole nitrogens is 1. The smallest absolute Gasteiger partial charge is 0.267 e. The molecule has 152 valence electrons. The standard InChI is InChI=1S/C25H24N2O3/c1-29-21-10-7-18(8-11-21)13-14-26-25(28)24-15-20-9-12-22(16-23(20)27-24)30-17-19-5-3-2-4-6-19/h2-12,15-16,27H,13-14,17H2,1H3,(H,26,28). The fraction of sp³-hybridized carbons (Fsp3) is 0.160. The van der Waals surface area contributed by atoms with Crippen molar-refractivity contribution in [2.24, 2.45) is 0 Å². The quantitative estimate of drug-likeness (QED) is 0.450. The van der Waals surface area contributed by atoms with E-state index in [-0.39, 0.29) is 5.91 Å². The summed E-state index contributed by atoms with van der Waals surface area (Å²) in [6.07, 6.45) is 0.757. The van der Waals surface area contributed by atoms with Gasteiger partial charge in [-0.2, -0.15) is 0 Å². The highest BCUT2D eigenvalue weighted by atomic mass is 16.5. The van der Waals surface area contributed by atoms with Gasteiger partial charge < -0.3 is 19.8 Å². The van der Waals surface area contributed by atoms with Crippen molar-refractivity contribution >= 4 is 16.8 Å².